The Bertz CT molecular complexity index is 258. The van der Waals surface area contributed by atoms with E-state index in [-0.39, 0.29) is 0 Å². The largest absolute Gasteiger partial charge is 0.367 e. The van der Waals surface area contributed by atoms with Crippen molar-refractivity contribution in [1.29, 1.82) is 0 Å². The van der Waals surface area contributed by atoms with Crippen molar-refractivity contribution in [3.8, 4) is 0 Å². The van der Waals surface area contributed by atoms with Gasteiger partial charge < -0.3 is 10.6 Å². The molecular weight excluding hydrogens is 184 g/mol. The average Bonchev–Trinajstić information content (AvgIpc) is 2.47. The Morgan fingerprint density at radius 1 is 1.54 bits per heavy atom. The first-order valence-electron chi connectivity index (χ1n) is 4.40. The third-order valence-electron chi connectivity index (χ3n) is 1.80. The van der Waals surface area contributed by atoms with Gasteiger partial charge in [0.1, 0.15) is 0 Å². The molecule has 0 unspecified atom stereocenters. The molecule has 1 aromatic heterocycles. The quantitative estimate of drug-likeness (QED) is 0.802. The number of hydrogen-bond donors (Lipinski definition) is 1. The highest BCUT2D eigenvalue weighted by Gasteiger charge is 2.06. The zero-order chi connectivity index (χ0) is 9.84. The van der Waals surface area contributed by atoms with Crippen LogP contribution < -0.4 is 10.6 Å². The molecule has 0 fully saturated rings. The first kappa shape index (κ1) is 10.2. The van der Waals surface area contributed by atoms with E-state index in [1.807, 2.05) is 7.05 Å². The van der Waals surface area contributed by atoms with E-state index < -0.39 is 0 Å². The standard InChI is InChI=1S/C8H16N4S/c1-6(2)4-5-12(3)8-10-7(9)11-13-8/h6H,4-5H2,1-3H3,(H2,9,11). The number of hydrogen-bond acceptors (Lipinski definition) is 5. The summed E-state index contributed by atoms with van der Waals surface area (Å²) in [6.07, 6.45) is 1.16. The lowest BCUT2D eigenvalue weighted by atomic mass is 10.1. The number of nitrogens with zero attached hydrogens (tertiary/aromatic N) is 3. The van der Waals surface area contributed by atoms with Crippen LogP contribution in [0.1, 0.15) is 20.3 Å². The third-order valence-corrected chi connectivity index (χ3v) is 2.64. The molecule has 0 amide bonds. The molecular formula is C8H16N4S. The maximum atomic E-state index is 5.43. The van der Waals surface area contributed by atoms with Gasteiger partial charge in [-0.1, -0.05) is 13.8 Å². The fourth-order valence-corrected chi connectivity index (χ4v) is 1.51. The summed E-state index contributed by atoms with van der Waals surface area (Å²) in [5.41, 5.74) is 5.43. The van der Waals surface area contributed by atoms with E-state index in [4.69, 9.17) is 5.73 Å². The lowest BCUT2D eigenvalue weighted by Gasteiger charge is -2.15. The molecule has 13 heavy (non-hydrogen) atoms. The highest BCUT2D eigenvalue weighted by molar-refractivity contribution is 7.09. The number of aromatic nitrogens is 2. The molecule has 0 aliphatic carbocycles. The number of rotatable bonds is 4. The highest BCUT2D eigenvalue weighted by Crippen LogP contribution is 2.17. The van der Waals surface area contributed by atoms with Gasteiger partial charge in [0.15, 0.2) is 0 Å². The summed E-state index contributed by atoms with van der Waals surface area (Å²) in [6.45, 7) is 5.43. The summed E-state index contributed by atoms with van der Waals surface area (Å²) < 4.78 is 3.93. The first-order chi connectivity index (χ1) is 6.09. The van der Waals surface area contributed by atoms with Gasteiger partial charge in [0.25, 0.3) is 0 Å². The van der Waals surface area contributed by atoms with Crippen LogP contribution in [0.15, 0.2) is 0 Å². The predicted octanol–water partition coefficient (Wildman–Crippen LogP) is 1.60. The lowest BCUT2D eigenvalue weighted by molar-refractivity contribution is 0.585. The van der Waals surface area contributed by atoms with Gasteiger partial charge in [-0.2, -0.15) is 9.36 Å². The monoisotopic (exact) mass is 200 g/mol. The van der Waals surface area contributed by atoms with Crippen molar-refractivity contribution in [1.82, 2.24) is 9.36 Å². The zero-order valence-corrected chi connectivity index (χ0v) is 9.14. The second-order valence-corrected chi connectivity index (χ2v) is 4.27. The fourth-order valence-electron chi connectivity index (χ4n) is 0.929. The molecule has 2 N–H and O–H groups in total. The molecule has 0 saturated carbocycles. The molecule has 1 aromatic rings. The Morgan fingerprint density at radius 2 is 2.23 bits per heavy atom. The summed E-state index contributed by atoms with van der Waals surface area (Å²) in [5, 5.41) is 0.901. The SMILES string of the molecule is CC(C)CCN(C)c1nc(N)ns1. The molecule has 0 atom stereocenters. The lowest BCUT2D eigenvalue weighted by Crippen LogP contribution is -2.19. The van der Waals surface area contributed by atoms with Crippen LogP contribution in [-0.4, -0.2) is 22.9 Å². The zero-order valence-electron chi connectivity index (χ0n) is 8.32. The number of nitrogens with two attached hydrogens (primary N) is 1. The van der Waals surface area contributed by atoms with Crippen molar-refractivity contribution in [3.05, 3.63) is 0 Å². The molecule has 0 aliphatic rings. The normalized spacial score (nSPS) is 10.8. The Morgan fingerprint density at radius 3 is 2.69 bits per heavy atom. The number of nitrogen functional groups attached to an aromatic ring is 1. The van der Waals surface area contributed by atoms with Crippen LogP contribution in [0.25, 0.3) is 0 Å². The van der Waals surface area contributed by atoms with E-state index in [1.165, 1.54) is 11.5 Å². The highest BCUT2D eigenvalue weighted by atomic mass is 32.1. The van der Waals surface area contributed by atoms with Gasteiger partial charge in [-0.15, -0.1) is 0 Å². The molecule has 0 aliphatic heterocycles. The predicted molar refractivity (Wildman–Crippen MR) is 57.0 cm³/mol. The Labute approximate surface area is 82.9 Å². The van der Waals surface area contributed by atoms with Crippen LogP contribution in [0.5, 0.6) is 0 Å². The van der Waals surface area contributed by atoms with Gasteiger partial charge in [0.2, 0.25) is 11.1 Å². The minimum atomic E-state index is 0.372. The topological polar surface area (TPSA) is 55.0 Å². The number of anilines is 2. The summed E-state index contributed by atoms with van der Waals surface area (Å²) in [5.74, 6) is 1.09. The summed E-state index contributed by atoms with van der Waals surface area (Å²) in [6, 6.07) is 0. The van der Waals surface area contributed by atoms with E-state index in [0.717, 1.165) is 18.1 Å². The Hall–Kier alpha value is -0.840. The minimum Gasteiger partial charge on any atom is -0.367 e. The molecule has 5 heteroatoms. The van der Waals surface area contributed by atoms with Crippen LogP contribution in [0, 0.1) is 5.92 Å². The summed E-state index contributed by atoms with van der Waals surface area (Å²) in [4.78, 5) is 6.19. The molecule has 4 nitrogen and oxygen atoms in total. The maximum Gasteiger partial charge on any atom is 0.233 e. The third kappa shape index (κ3) is 3.18. The molecule has 1 heterocycles. The van der Waals surface area contributed by atoms with Gasteiger partial charge >= 0.3 is 0 Å². The van der Waals surface area contributed by atoms with E-state index in [0.29, 0.717) is 11.9 Å². The van der Waals surface area contributed by atoms with Crippen LogP contribution in [-0.2, 0) is 0 Å². The van der Waals surface area contributed by atoms with Crippen LogP contribution in [0.2, 0.25) is 0 Å². The summed E-state index contributed by atoms with van der Waals surface area (Å²) in [7, 11) is 2.02. The molecule has 0 bridgehead atoms. The van der Waals surface area contributed by atoms with Crippen molar-refractivity contribution in [2.24, 2.45) is 5.92 Å². The molecule has 1 rings (SSSR count). The smallest absolute Gasteiger partial charge is 0.233 e. The van der Waals surface area contributed by atoms with Crippen LogP contribution in [0.4, 0.5) is 11.1 Å². The van der Waals surface area contributed by atoms with Gasteiger partial charge in [0.05, 0.1) is 0 Å². The van der Waals surface area contributed by atoms with Gasteiger partial charge in [-0.05, 0) is 12.3 Å². The van der Waals surface area contributed by atoms with Gasteiger partial charge in [0, 0.05) is 25.1 Å². The Kier molecular flexibility index (Phi) is 3.48. The fraction of sp³-hybridized carbons (Fsp3) is 0.750. The van der Waals surface area contributed by atoms with Gasteiger partial charge in [-0.25, -0.2) is 0 Å². The van der Waals surface area contributed by atoms with E-state index in [1.54, 1.807) is 0 Å². The van der Waals surface area contributed by atoms with Crippen LogP contribution >= 0.6 is 11.5 Å². The van der Waals surface area contributed by atoms with Crippen LogP contribution in [0.3, 0.4) is 0 Å². The van der Waals surface area contributed by atoms with Crippen molar-refractivity contribution >= 4 is 22.6 Å². The first-order valence-corrected chi connectivity index (χ1v) is 5.17. The molecule has 0 radical (unpaired) electrons. The van der Waals surface area contributed by atoms with Crippen molar-refractivity contribution in [2.75, 3.05) is 24.2 Å². The second-order valence-electron chi connectivity index (χ2n) is 3.54. The Balaban J connectivity index is 2.44. The van der Waals surface area contributed by atoms with E-state index >= 15 is 0 Å². The van der Waals surface area contributed by atoms with Gasteiger partial charge in [-0.3, -0.25) is 0 Å². The molecule has 74 valence electrons. The average molecular weight is 200 g/mol. The second kappa shape index (κ2) is 4.41. The van der Waals surface area contributed by atoms with Crippen molar-refractivity contribution in [3.63, 3.8) is 0 Å². The van der Waals surface area contributed by atoms with E-state index in [9.17, 15) is 0 Å². The van der Waals surface area contributed by atoms with Crippen molar-refractivity contribution in [2.45, 2.75) is 20.3 Å². The molecule has 0 aromatic carbocycles. The minimum absolute atomic E-state index is 0.372. The van der Waals surface area contributed by atoms with E-state index in [2.05, 4.69) is 28.1 Å². The maximum absolute atomic E-state index is 5.43. The van der Waals surface area contributed by atoms with Crippen molar-refractivity contribution < 1.29 is 0 Å². The summed E-state index contributed by atoms with van der Waals surface area (Å²) >= 11 is 1.35. The molecule has 0 saturated heterocycles. The molecule has 0 spiro atoms.